The van der Waals surface area contributed by atoms with Gasteiger partial charge >= 0.3 is 5.69 Å². The van der Waals surface area contributed by atoms with Gasteiger partial charge in [0.15, 0.2) is 5.96 Å². The minimum atomic E-state index is 0.0394. The molecule has 0 unspecified atom stereocenters. The van der Waals surface area contributed by atoms with Gasteiger partial charge in [-0.05, 0) is 51.0 Å². The second kappa shape index (κ2) is 11.2. The molecule has 7 nitrogen and oxygen atoms in total. The molecule has 0 saturated carbocycles. The summed E-state index contributed by atoms with van der Waals surface area (Å²) in [4.78, 5) is 16.9. The number of nitrogens with one attached hydrogen (secondary N) is 2. The highest BCUT2D eigenvalue weighted by atomic mass is 32.2. The Morgan fingerprint density at radius 2 is 2.16 bits per heavy atom. The van der Waals surface area contributed by atoms with E-state index < -0.39 is 0 Å². The molecule has 0 bridgehead atoms. The van der Waals surface area contributed by atoms with Crippen LogP contribution in [0.2, 0.25) is 0 Å². The van der Waals surface area contributed by atoms with Crippen molar-refractivity contribution >= 4 is 17.7 Å². The first-order chi connectivity index (χ1) is 12.3. The van der Waals surface area contributed by atoms with Crippen LogP contribution in [-0.4, -0.2) is 52.0 Å². The summed E-state index contributed by atoms with van der Waals surface area (Å²) < 4.78 is 3.44. The lowest BCUT2D eigenvalue weighted by atomic mass is 10.2. The minimum absolute atomic E-state index is 0.0394. The number of aromatic nitrogens is 3. The minimum Gasteiger partial charge on any atom is -0.357 e. The molecular formula is C17H32N6OS. The van der Waals surface area contributed by atoms with Gasteiger partial charge < -0.3 is 10.6 Å². The first kappa shape index (κ1) is 19.9. The van der Waals surface area contributed by atoms with Gasteiger partial charge in [-0.15, -0.1) is 0 Å². The standard InChI is InChI=1S/C17H32N6OS/c1-3-18-16(19-10-5-7-14-25-2)20-11-8-13-23-17(24)22-12-6-4-9-15(22)21-23/h3-14H2,1-2H3,(H2,18,19,20). The van der Waals surface area contributed by atoms with Crippen LogP contribution in [0.1, 0.15) is 44.9 Å². The van der Waals surface area contributed by atoms with E-state index in [4.69, 9.17) is 0 Å². The van der Waals surface area contributed by atoms with Crippen LogP contribution in [0.5, 0.6) is 0 Å². The summed E-state index contributed by atoms with van der Waals surface area (Å²) >= 11 is 1.89. The van der Waals surface area contributed by atoms with Crippen molar-refractivity contribution < 1.29 is 0 Å². The van der Waals surface area contributed by atoms with Crippen LogP contribution in [-0.2, 0) is 19.5 Å². The van der Waals surface area contributed by atoms with Crippen molar-refractivity contribution in [3.63, 3.8) is 0 Å². The molecule has 0 aliphatic carbocycles. The summed E-state index contributed by atoms with van der Waals surface area (Å²) in [5, 5.41) is 11.1. The maximum absolute atomic E-state index is 12.3. The van der Waals surface area contributed by atoms with Crippen LogP contribution in [0.15, 0.2) is 9.79 Å². The van der Waals surface area contributed by atoms with E-state index in [1.165, 1.54) is 12.2 Å². The summed E-state index contributed by atoms with van der Waals surface area (Å²) in [5.41, 5.74) is 0.0394. The normalized spacial score (nSPS) is 14.4. The van der Waals surface area contributed by atoms with Gasteiger partial charge in [-0.3, -0.25) is 9.56 Å². The zero-order valence-corrected chi connectivity index (χ0v) is 16.4. The lowest BCUT2D eigenvalue weighted by molar-refractivity contribution is 0.509. The van der Waals surface area contributed by atoms with E-state index in [0.717, 1.165) is 63.5 Å². The molecule has 0 aromatic carbocycles. The fourth-order valence-electron chi connectivity index (χ4n) is 2.93. The Hall–Kier alpha value is -1.44. The Morgan fingerprint density at radius 3 is 2.92 bits per heavy atom. The van der Waals surface area contributed by atoms with Crippen molar-refractivity contribution in [2.75, 3.05) is 31.6 Å². The molecular weight excluding hydrogens is 336 g/mol. The third kappa shape index (κ3) is 6.41. The van der Waals surface area contributed by atoms with Crippen LogP contribution in [0.3, 0.4) is 0 Å². The molecule has 2 rings (SSSR count). The smallest absolute Gasteiger partial charge is 0.345 e. The van der Waals surface area contributed by atoms with E-state index in [1.54, 1.807) is 4.68 Å². The highest BCUT2D eigenvalue weighted by molar-refractivity contribution is 7.98. The quantitative estimate of drug-likeness (QED) is 0.372. The lowest BCUT2D eigenvalue weighted by Gasteiger charge is -2.11. The van der Waals surface area contributed by atoms with Crippen molar-refractivity contribution in [3.8, 4) is 0 Å². The third-order valence-electron chi connectivity index (χ3n) is 4.24. The molecule has 0 fully saturated rings. The number of hydrogen-bond acceptors (Lipinski definition) is 4. The highest BCUT2D eigenvalue weighted by Gasteiger charge is 2.15. The van der Waals surface area contributed by atoms with E-state index >= 15 is 0 Å². The number of nitrogens with zero attached hydrogens (tertiary/aromatic N) is 4. The maximum atomic E-state index is 12.3. The van der Waals surface area contributed by atoms with Crippen LogP contribution in [0.25, 0.3) is 0 Å². The summed E-state index contributed by atoms with van der Waals surface area (Å²) in [6, 6.07) is 0. The molecule has 0 amide bonds. The number of unbranched alkanes of at least 4 members (excludes halogenated alkanes) is 1. The maximum Gasteiger partial charge on any atom is 0.345 e. The fourth-order valence-corrected chi connectivity index (χ4v) is 3.42. The predicted octanol–water partition coefficient (Wildman–Crippen LogP) is 1.47. The van der Waals surface area contributed by atoms with Crippen LogP contribution >= 0.6 is 11.8 Å². The highest BCUT2D eigenvalue weighted by Crippen LogP contribution is 2.09. The second-order valence-corrected chi connectivity index (χ2v) is 7.26. The van der Waals surface area contributed by atoms with E-state index in [-0.39, 0.29) is 5.69 Å². The third-order valence-corrected chi connectivity index (χ3v) is 4.94. The van der Waals surface area contributed by atoms with Crippen molar-refractivity contribution in [2.24, 2.45) is 4.99 Å². The zero-order valence-electron chi connectivity index (χ0n) is 15.6. The van der Waals surface area contributed by atoms with Crippen molar-refractivity contribution in [2.45, 2.75) is 58.5 Å². The molecule has 1 aliphatic heterocycles. The van der Waals surface area contributed by atoms with Gasteiger partial charge in [0.1, 0.15) is 5.82 Å². The van der Waals surface area contributed by atoms with Gasteiger partial charge in [-0.25, -0.2) is 9.48 Å². The van der Waals surface area contributed by atoms with E-state index in [2.05, 4.69) is 33.9 Å². The fraction of sp³-hybridized carbons (Fsp3) is 0.824. The molecule has 2 heterocycles. The predicted molar refractivity (Wildman–Crippen MR) is 106 cm³/mol. The van der Waals surface area contributed by atoms with Gasteiger partial charge in [0.05, 0.1) is 0 Å². The Balaban J connectivity index is 1.75. The van der Waals surface area contributed by atoms with Gasteiger partial charge in [0.25, 0.3) is 0 Å². The molecule has 8 heteroatoms. The molecule has 0 saturated heterocycles. The van der Waals surface area contributed by atoms with Gasteiger partial charge in [-0.1, -0.05) is 0 Å². The Labute approximate surface area is 154 Å². The Kier molecular flexibility index (Phi) is 8.93. The monoisotopic (exact) mass is 368 g/mol. The molecule has 1 aliphatic rings. The van der Waals surface area contributed by atoms with Crippen LogP contribution in [0.4, 0.5) is 0 Å². The van der Waals surface area contributed by atoms with E-state index in [1.807, 2.05) is 16.3 Å². The van der Waals surface area contributed by atoms with Crippen molar-refractivity contribution in [3.05, 3.63) is 16.3 Å². The average Bonchev–Trinajstić information content (AvgIpc) is 2.94. The number of aryl methyl sites for hydroxylation is 2. The van der Waals surface area contributed by atoms with E-state index in [9.17, 15) is 4.79 Å². The average molecular weight is 369 g/mol. The number of rotatable bonds is 10. The molecule has 0 atom stereocenters. The van der Waals surface area contributed by atoms with Gasteiger partial charge in [0.2, 0.25) is 0 Å². The Bertz CT molecular complexity index is 594. The summed E-state index contributed by atoms with van der Waals surface area (Å²) in [6.45, 7) is 6.01. The number of thioether (sulfide) groups is 1. The Morgan fingerprint density at radius 1 is 1.28 bits per heavy atom. The summed E-state index contributed by atoms with van der Waals surface area (Å²) in [7, 11) is 0. The summed E-state index contributed by atoms with van der Waals surface area (Å²) in [6.07, 6.45) is 8.47. The second-order valence-electron chi connectivity index (χ2n) is 6.27. The van der Waals surface area contributed by atoms with Crippen LogP contribution < -0.4 is 16.3 Å². The number of fused-ring (bicyclic) bond motifs is 1. The van der Waals surface area contributed by atoms with E-state index in [0.29, 0.717) is 13.1 Å². The van der Waals surface area contributed by atoms with Crippen LogP contribution in [0, 0.1) is 0 Å². The first-order valence-electron chi connectivity index (χ1n) is 9.44. The number of hydrogen-bond donors (Lipinski definition) is 2. The van der Waals surface area contributed by atoms with Crippen molar-refractivity contribution in [1.29, 1.82) is 0 Å². The van der Waals surface area contributed by atoms with Crippen molar-refractivity contribution in [1.82, 2.24) is 25.0 Å². The molecule has 25 heavy (non-hydrogen) atoms. The molecule has 0 spiro atoms. The topological polar surface area (TPSA) is 76.2 Å². The zero-order chi connectivity index (χ0) is 17.9. The number of aliphatic imine (C=N–C) groups is 1. The van der Waals surface area contributed by atoms with Gasteiger partial charge in [-0.2, -0.15) is 16.9 Å². The van der Waals surface area contributed by atoms with Gasteiger partial charge in [0, 0.05) is 39.1 Å². The molecule has 2 N–H and O–H groups in total. The summed E-state index contributed by atoms with van der Waals surface area (Å²) in [5.74, 6) is 3.02. The number of guanidine groups is 1. The largest absolute Gasteiger partial charge is 0.357 e. The SMILES string of the molecule is CCNC(=NCCCn1nc2n(c1=O)CCCC2)NCCCCSC. The molecule has 0 radical (unpaired) electrons. The lowest BCUT2D eigenvalue weighted by Crippen LogP contribution is -2.38. The molecule has 1 aromatic heterocycles. The molecule has 142 valence electrons. The first-order valence-corrected chi connectivity index (χ1v) is 10.8. The molecule has 1 aromatic rings.